The molecule has 2 aliphatic rings. The molecule has 27 heavy (non-hydrogen) atoms. The summed E-state index contributed by atoms with van der Waals surface area (Å²) in [5, 5.41) is 7.49. The van der Waals surface area contributed by atoms with Crippen LogP contribution >= 0.6 is 0 Å². The van der Waals surface area contributed by atoms with Crippen molar-refractivity contribution in [2.24, 2.45) is 5.92 Å². The number of imidazole rings is 1. The van der Waals surface area contributed by atoms with E-state index < -0.39 is 6.43 Å². The predicted molar refractivity (Wildman–Crippen MR) is 95.7 cm³/mol. The third kappa shape index (κ3) is 2.82. The summed E-state index contributed by atoms with van der Waals surface area (Å²) in [6.07, 6.45) is 2.87. The largest absolute Gasteiger partial charge is 0.352 e. The molecule has 0 amide bonds. The number of nitrogens with zero attached hydrogens (tertiary/aromatic N) is 6. The van der Waals surface area contributed by atoms with Gasteiger partial charge in [0.15, 0.2) is 5.65 Å². The van der Waals surface area contributed by atoms with Crippen LogP contribution in [0.3, 0.4) is 0 Å². The first-order valence-corrected chi connectivity index (χ1v) is 9.13. The molecule has 0 saturated carbocycles. The highest BCUT2D eigenvalue weighted by atomic mass is 19.3. The first kappa shape index (κ1) is 16.5. The Morgan fingerprint density at radius 2 is 2.07 bits per heavy atom. The Balaban J connectivity index is 1.54. The fourth-order valence-corrected chi connectivity index (χ4v) is 4.18. The Morgan fingerprint density at radius 1 is 1.15 bits per heavy atom. The van der Waals surface area contributed by atoms with Crippen LogP contribution in [0.2, 0.25) is 0 Å². The number of fused-ring (bicyclic) bond motifs is 2. The number of hydrogen-bond donors (Lipinski definition) is 1. The lowest BCUT2D eigenvalue weighted by Gasteiger charge is -2.37. The molecule has 3 aromatic heterocycles. The first-order valence-electron chi connectivity index (χ1n) is 9.13. The van der Waals surface area contributed by atoms with Crippen LogP contribution in [-0.4, -0.2) is 50.2 Å². The second-order valence-electron chi connectivity index (χ2n) is 7.06. The van der Waals surface area contributed by atoms with Crippen molar-refractivity contribution in [2.45, 2.75) is 25.3 Å². The molecule has 5 rings (SSSR count). The van der Waals surface area contributed by atoms with Crippen LogP contribution in [0.5, 0.6) is 0 Å². The van der Waals surface area contributed by atoms with Gasteiger partial charge in [-0.2, -0.15) is 5.10 Å². The maximum atomic E-state index is 13.0. The van der Waals surface area contributed by atoms with Crippen LogP contribution in [0.1, 0.15) is 25.0 Å². The highest BCUT2D eigenvalue weighted by Crippen LogP contribution is 2.31. The lowest BCUT2D eigenvalue weighted by Crippen LogP contribution is -2.45. The van der Waals surface area contributed by atoms with E-state index in [1.807, 2.05) is 6.07 Å². The number of nitrogens with one attached hydrogen (secondary N) is 1. The third-order valence-corrected chi connectivity index (χ3v) is 5.49. The summed E-state index contributed by atoms with van der Waals surface area (Å²) in [5.41, 5.74) is 1.42. The average Bonchev–Trinajstić information content (AvgIpc) is 3.34. The monoisotopic (exact) mass is 371 g/mol. The van der Waals surface area contributed by atoms with E-state index in [4.69, 9.17) is 0 Å². The number of rotatable bonds is 3. The van der Waals surface area contributed by atoms with E-state index in [0.717, 1.165) is 31.9 Å². The molecule has 0 spiro atoms. The van der Waals surface area contributed by atoms with Gasteiger partial charge in [0.2, 0.25) is 0 Å². The molecule has 1 N–H and O–H groups in total. The van der Waals surface area contributed by atoms with Crippen LogP contribution < -0.4 is 10.2 Å². The van der Waals surface area contributed by atoms with E-state index in [1.165, 1.54) is 23.3 Å². The van der Waals surface area contributed by atoms with Crippen LogP contribution in [0.15, 0.2) is 30.7 Å². The van der Waals surface area contributed by atoms with E-state index in [9.17, 15) is 8.78 Å². The van der Waals surface area contributed by atoms with Crippen molar-refractivity contribution in [2.75, 3.05) is 24.5 Å². The lowest BCUT2D eigenvalue weighted by atomic mass is 9.92. The number of piperidine rings is 1. The summed E-state index contributed by atoms with van der Waals surface area (Å²) in [4.78, 5) is 15.4. The SMILES string of the molecule is FC(F)c1ccc2ncc(-c3cc(N4CCCC5CNCC54)ncn3)n2n1. The Bertz CT molecular complexity index is 973. The van der Waals surface area contributed by atoms with Gasteiger partial charge in [-0.3, -0.25) is 0 Å². The number of alkyl halides is 2. The van der Waals surface area contributed by atoms with Gasteiger partial charge >= 0.3 is 0 Å². The van der Waals surface area contributed by atoms with Crippen LogP contribution in [0, 0.1) is 5.92 Å². The molecular weight excluding hydrogens is 352 g/mol. The molecule has 9 heteroatoms. The molecule has 2 aliphatic heterocycles. The molecule has 5 heterocycles. The smallest absolute Gasteiger partial charge is 0.282 e. The number of anilines is 1. The first-order chi connectivity index (χ1) is 13.2. The van der Waals surface area contributed by atoms with Gasteiger partial charge in [-0.25, -0.2) is 28.2 Å². The minimum atomic E-state index is -2.63. The van der Waals surface area contributed by atoms with Gasteiger partial charge in [0.1, 0.15) is 23.5 Å². The summed E-state index contributed by atoms with van der Waals surface area (Å²) in [6.45, 7) is 2.96. The average molecular weight is 371 g/mol. The second-order valence-corrected chi connectivity index (χ2v) is 7.06. The maximum absolute atomic E-state index is 13.0. The number of aromatic nitrogens is 5. The molecule has 0 aromatic carbocycles. The minimum Gasteiger partial charge on any atom is -0.352 e. The van der Waals surface area contributed by atoms with Crippen molar-refractivity contribution in [3.05, 3.63) is 36.4 Å². The van der Waals surface area contributed by atoms with E-state index in [2.05, 4.69) is 30.3 Å². The summed E-state index contributed by atoms with van der Waals surface area (Å²) in [6, 6.07) is 5.18. The van der Waals surface area contributed by atoms with Crippen molar-refractivity contribution >= 4 is 11.5 Å². The normalized spacial score (nSPS) is 22.6. The van der Waals surface area contributed by atoms with Gasteiger partial charge < -0.3 is 10.2 Å². The van der Waals surface area contributed by atoms with Crippen molar-refractivity contribution in [1.82, 2.24) is 29.9 Å². The predicted octanol–water partition coefficient (Wildman–Crippen LogP) is 2.31. The minimum absolute atomic E-state index is 0.285. The van der Waals surface area contributed by atoms with E-state index in [-0.39, 0.29) is 5.69 Å². The lowest BCUT2D eigenvalue weighted by molar-refractivity contribution is 0.144. The van der Waals surface area contributed by atoms with E-state index in [1.54, 1.807) is 12.3 Å². The number of halogens is 2. The molecule has 2 atom stereocenters. The van der Waals surface area contributed by atoms with Gasteiger partial charge in [-0.05, 0) is 30.9 Å². The Kier molecular flexibility index (Phi) is 3.96. The van der Waals surface area contributed by atoms with Crippen LogP contribution in [0.25, 0.3) is 17.0 Å². The summed E-state index contributed by atoms with van der Waals surface area (Å²) >= 11 is 0. The Labute approximate surface area is 154 Å². The molecule has 2 unspecified atom stereocenters. The van der Waals surface area contributed by atoms with Crippen molar-refractivity contribution in [3.63, 3.8) is 0 Å². The Morgan fingerprint density at radius 3 is 2.96 bits per heavy atom. The van der Waals surface area contributed by atoms with Gasteiger partial charge in [0.05, 0.1) is 11.9 Å². The van der Waals surface area contributed by atoms with Gasteiger partial charge in [-0.1, -0.05) is 0 Å². The van der Waals surface area contributed by atoms with Gasteiger partial charge in [0, 0.05) is 31.7 Å². The van der Waals surface area contributed by atoms with Crippen LogP contribution in [0.4, 0.5) is 14.6 Å². The molecule has 7 nitrogen and oxygen atoms in total. The highest BCUT2D eigenvalue weighted by Gasteiger charge is 2.35. The molecule has 0 bridgehead atoms. The molecule has 2 fully saturated rings. The van der Waals surface area contributed by atoms with E-state index >= 15 is 0 Å². The Hall–Kier alpha value is -2.68. The number of hydrogen-bond acceptors (Lipinski definition) is 6. The maximum Gasteiger partial charge on any atom is 0.282 e. The zero-order chi connectivity index (χ0) is 18.4. The van der Waals surface area contributed by atoms with Gasteiger partial charge in [-0.15, -0.1) is 0 Å². The fourth-order valence-electron chi connectivity index (χ4n) is 4.18. The third-order valence-electron chi connectivity index (χ3n) is 5.49. The van der Waals surface area contributed by atoms with Crippen molar-refractivity contribution < 1.29 is 8.78 Å². The molecule has 140 valence electrons. The zero-order valence-electron chi connectivity index (χ0n) is 14.6. The van der Waals surface area contributed by atoms with Crippen LogP contribution in [-0.2, 0) is 0 Å². The van der Waals surface area contributed by atoms with Crippen molar-refractivity contribution in [3.8, 4) is 11.4 Å². The van der Waals surface area contributed by atoms with E-state index in [0.29, 0.717) is 29.0 Å². The quantitative estimate of drug-likeness (QED) is 0.762. The summed E-state index contributed by atoms with van der Waals surface area (Å²) < 4.78 is 27.5. The summed E-state index contributed by atoms with van der Waals surface area (Å²) in [7, 11) is 0. The molecule has 0 radical (unpaired) electrons. The van der Waals surface area contributed by atoms with Crippen molar-refractivity contribution in [1.29, 1.82) is 0 Å². The zero-order valence-corrected chi connectivity index (χ0v) is 14.6. The molecule has 0 aliphatic carbocycles. The second kappa shape index (κ2) is 6.49. The highest BCUT2D eigenvalue weighted by molar-refractivity contribution is 5.62. The molecule has 3 aromatic rings. The molecular formula is C18H19F2N7. The van der Waals surface area contributed by atoms with Gasteiger partial charge in [0.25, 0.3) is 6.43 Å². The fraction of sp³-hybridized carbons (Fsp3) is 0.444. The molecule has 2 saturated heterocycles. The standard InChI is InChI=1S/C18H19F2N7/c19-18(20)12-3-4-16-22-9-15(27(16)25-12)13-6-17(24-10-23-13)26-5-1-2-11-7-21-8-14(11)26/h3-4,6,9-11,14,18,21H,1-2,5,7-8H2. The summed E-state index contributed by atoms with van der Waals surface area (Å²) in [5.74, 6) is 1.50. The topological polar surface area (TPSA) is 71.2 Å².